The lowest BCUT2D eigenvalue weighted by Gasteiger charge is -2.25. The zero-order valence-electron chi connectivity index (χ0n) is 11.8. The summed E-state index contributed by atoms with van der Waals surface area (Å²) in [5.41, 5.74) is 1.18. The maximum atomic E-state index is 11.2. The van der Waals surface area contributed by atoms with Gasteiger partial charge < -0.3 is 5.11 Å². The van der Waals surface area contributed by atoms with E-state index in [-0.39, 0.29) is 0 Å². The highest BCUT2D eigenvalue weighted by atomic mass is 16.3. The molecule has 1 saturated heterocycles. The second kappa shape index (κ2) is 4.27. The number of fused-ring (bicyclic) bond motifs is 1. The minimum absolute atomic E-state index is 0.450. The van der Waals surface area contributed by atoms with Gasteiger partial charge in [0.05, 0.1) is 5.52 Å². The lowest BCUT2D eigenvalue weighted by atomic mass is 9.89. The van der Waals surface area contributed by atoms with Gasteiger partial charge in [-0.25, -0.2) is 0 Å². The van der Waals surface area contributed by atoms with E-state index in [9.17, 15) is 5.11 Å². The van der Waals surface area contributed by atoms with Gasteiger partial charge in [-0.05, 0) is 32.3 Å². The van der Waals surface area contributed by atoms with Crippen LogP contribution in [0.25, 0.3) is 10.9 Å². The molecule has 1 aromatic heterocycles. The van der Waals surface area contributed by atoms with E-state index in [0.717, 1.165) is 29.4 Å². The molecule has 2 aromatic rings. The van der Waals surface area contributed by atoms with Crippen LogP contribution in [0.1, 0.15) is 31.7 Å². The lowest BCUT2D eigenvalue weighted by molar-refractivity contribution is 0.0464. The molecule has 4 rings (SSSR count). The molecule has 0 bridgehead atoms. The average molecular weight is 268 g/mol. The predicted molar refractivity (Wildman–Crippen MR) is 79.4 cm³/mol. The summed E-state index contributed by atoms with van der Waals surface area (Å²) in [7, 11) is 0. The Bertz CT molecular complexity index is 647. The third-order valence-electron chi connectivity index (χ3n) is 4.79. The molecule has 0 radical (unpaired) electrons. The van der Waals surface area contributed by atoms with Crippen molar-refractivity contribution >= 4 is 10.9 Å². The highest BCUT2D eigenvalue weighted by Gasteiger charge is 2.47. The van der Waals surface area contributed by atoms with Crippen molar-refractivity contribution in [3.8, 4) is 0 Å². The van der Waals surface area contributed by atoms with Crippen molar-refractivity contribution in [1.82, 2.24) is 9.88 Å². The van der Waals surface area contributed by atoms with Gasteiger partial charge in [0.15, 0.2) is 0 Å². The van der Waals surface area contributed by atoms with Crippen LogP contribution in [0.3, 0.4) is 0 Å². The molecule has 1 aliphatic carbocycles. The third kappa shape index (κ3) is 1.85. The predicted octanol–water partition coefficient (Wildman–Crippen LogP) is 2.68. The Morgan fingerprint density at radius 3 is 2.85 bits per heavy atom. The van der Waals surface area contributed by atoms with Crippen LogP contribution in [0, 0.1) is 0 Å². The maximum absolute atomic E-state index is 11.2. The normalized spacial score (nSPS) is 31.0. The summed E-state index contributed by atoms with van der Waals surface area (Å²) >= 11 is 0. The van der Waals surface area contributed by atoms with Crippen molar-refractivity contribution < 1.29 is 5.11 Å². The van der Waals surface area contributed by atoms with E-state index < -0.39 is 5.60 Å². The molecule has 3 heteroatoms. The quantitative estimate of drug-likeness (QED) is 0.909. The summed E-state index contributed by atoms with van der Waals surface area (Å²) in [4.78, 5) is 6.98. The monoisotopic (exact) mass is 268 g/mol. The van der Waals surface area contributed by atoms with Crippen LogP contribution < -0.4 is 0 Å². The Morgan fingerprint density at radius 1 is 1.25 bits per heavy atom. The lowest BCUT2D eigenvalue weighted by Crippen LogP contribution is -2.33. The molecule has 3 nitrogen and oxygen atoms in total. The molecule has 0 amide bonds. The number of likely N-dealkylation sites (tertiary alicyclic amines) is 1. The van der Waals surface area contributed by atoms with E-state index in [1.54, 1.807) is 0 Å². The number of hydrogen-bond acceptors (Lipinski definition) is 3. The number of para-hydroxylation sites is 1. The number of rotatable bonds is 2. The molecule has 20 heavy (non-hydrogen) atoms. The zero-order chi connectivity index (χ0) is 13.7. The fourth-order valence-electron chi connectivity index (χ4n) is 3.70. The van der Waals surface area contributed by atoms with E-state index in [4.69, 9.17) is 0 Å². The van der Waals surface area contributed by atoms with Gasteiger partial charge in [0.25, 0.3) is 0 Å². The fourth-order valence-corrected chi connectivity index (χ4v) is 3.70. The Kier molecular flexibility index (Phi) is 2.63. The smallest absolute Gasteiger partial charge is 0.106 e. The van der Waals surface area contributed by atoms with Gasteiger partial charge in [0.2, 0.25) is 0 Å². The topological polar surface area (TPSA) is 36.4 Å². The zero-order valence-corrected chi connectivity index (χ0v) is 11.8. The molecule has 1 saturated carbocycles. The van der Waals surface area contributed by atoms with Gasteiger partial charge in [-0.1, -0.05) is 24.3 Å². The van der Waals surface area contributed by atoms with Gasteiger partial charge in [-0.15, -0.1) is 0 Å². The van der Waals surface area contributed by atoms with E-state index in [1.807, 2.05) is 24.4 Å². The molecule has 104 valence electrons. The van der Waals surface area contributed by atoms with Gasteiger partial charge in [0.1, 0.15) is 5.60 Å². The third-order valence-corrected chi connectivity index (χ3v) is 4.79. The van der Waals surface area contributed by atoms with Crippen molar-refractivity contribution in [1.29, 1.82) is 0 Å². The van der Waals surface area contributed by atoms with Crippen LogP contribution in [-0.4, -0.2) is 33.6 Å². The van der Waals surface area contributed by atoms with Crippen molar-refractivity contribution in [2.45, 2.75) is 43.9 Å². The number of β-amino-alcohol motifs (C(OH)–C–C–N with tert-alkyl or cyclic N) is 1. The summed E-state index contributed by atoms with van der Waals surface area (Å²) < 4.78 is 0. The summed E-state index contributed by atoms with van der Waals surface area (Å²) in [5, 5.41) is 12.3. The van der Waals surface area contributed by atoms with Gasteiger partial charge >= 0.3 is 0 Å². The summed E-state index contributed by atoms with van der Waals surface area (Å²) in [6.45, 7) is 2.98. The molecular formula is C17H20N2O. The van der Waals surface area contributed by atoms with E-state index >= 15 is 0 Å². The largest absolute Gasteiger partial charge is 0.384 e. The Balaban J connectivity index is 1.78. The Morgan fingerprint density at radius 2 is 2.05 bits per heavy atom. The highest BCUT2D eigenvalue weighted by molar-refractivity contribution is 5.82. The number of aromatic nitrogens is 1. The first-order valence-electron chi connectivity index (χ1n) is 7.50. The Hall–Kier alpha value is -1.45. The second-order valence-corrected chi connectivity index (χ2v) is 6.37. The van der Waals surface area contributed by atoms with Crippen LogP contribution >= 0.6 is 0 Å². The van der Waals surface area contributed by atoms with Gasteiger partial charge in [-0.3, -0.25) is 9.88 Å². The first kappa shape index (κ1) is 12.3. The molecule has 2 heterocycles. The molecule has 2 aliphatic rings. The summed E-state index contributed by atoms with van der Waals surface area (Å²) in [6, 6.07) is 11.3. The van der Waals surface area contributed by atoms with Gasteiger partial charge in [-0.2, -0.15) is 0 Å². The minimum Gasteiger partial charge on any atom is -0.384 e. The average Bonchev–Trinajstić information content (AvgIpc) is 3.24. The molecule has 2 atom stereocenters. The maximum Gasteiger partial charge on any atom is 0.106 e. The Labute approximate surface area is 119 Å². The summed E-state index contributed by atoms with van der Waals surface area (Å²) in [5.74, 6) is 0. The SMILES string of the molecule is CC1CC(O)(c2cccc3cccnc23)CN1C1CC1. The van der Waals surface area contributed by atoms with Gasteiger partial charge in [0, 0.05) is 35.8 Å². The minimum atomic E-state index is -0.754. The van der Waals surface area contributed by atoms with Crippen molar-refractivity contribution in [2.24, 2.45) is 0 Å². The molecule has 1 aromatic carbocycles. The summed E-state index contributed by atoms with van der Waals surface area (Å²) in [6.07, 6.45) is 5.19. The van der Waals surface area contributed by atoms with Crippen LogP contribution in [-0.2, 0) is 5.60 Å². The number of benzene rings is 1. The van der Waals surface area contributed by atoms with E-state index in [0.29, 0.717) is 12.1 Å². The van der Waals surface area contributed by atoms with Crippen molar-refractivity contribution in [3.05, 3.63) is 42.1 Å². The van der Waals surface area contributed by atoms with Crippen LogP contribution in [0.5, 0.6) is 0 Å². The number of nitrogens with zero attached hydrogens (tertiary/aromatic N) is 2. The molecule has 1 N–H and O–H groups in total. The number of pyridine rings is 1. The first-order chi connectivity index (χ1) is 9.67. The van der Waals surface area contributed by atoms with Crippen LogP contribution in [0.15, 0.2) is 36.5 Å². The standard InChI is InChI=1S/C17H20N2O/c1-12-10-17(20,11-19(12)14-7-8-14)15-6-2-4-13-5-3-9-18-16(13)15/h2-6,9,12,14,20H,7-8,10-11H2,1H3. The first-order valence-corrected chi connectivity index (χ1v) is 7.50. The van der Waals surface area contributed by atoms with Crippen LogP contribution in [0.2, 0.25) is 0 Å². The number of aliphatic hydroxyl groups is 1. The van der Waals surface area contributed by atoms with E-state index in [2.05, 4.69) is 28.9 Å². The van der Waals surface area contributed by atoms with Crippen LogP contribution in [0.4, 0.5) is 0 Å². The molecule has 1 aliphatic heterocycles. The van der Waals surface area contributed by atoms with Crippen molar-refractivity contribution in [2.75, 3.05) is 6.54 Å². The molecular weight excluding hydrogens is 248 g/mol. The second-order valence-electron chi connectivity index (χ2n) is 6.37. The highest BCUT2D eigenvalue weighted by Crippen LogP contribution is 2.43. The van der Waals surface area contributed by atoms with E-state index in [1.165, 1.54) is 12.8 Å². The molecule has 0 spiro atoms. The fraction of sp³-hybridized carbons (Fsp3) is 0.471. The molecule has 2 fully saturated rings. The van der Waals surface area contributed by atoms with Crippen molar-refractivity contribution in [3.63, 3.8) is 0 Å². The number of hydrogen-bond donors (Lipinski definition) is 1. The molecule has 2 unspecified atom stereocenters.